The van der Waals surface area contributed by atoms with Crippen LogP contribution in [0.4, 0.5) is 0 Å². The molecular weight excluding hydrogens is 281 g/mol. The topological polar surface area (TPSA) is 26.8 Å². The summed E-state index contributed by atoms with van der Waals surface area (Å²) in [6.07, 6.45) is 0. The van der Waals surface area contributed by atoms with E-state index < -0.39 is 0 Å². The van der Waals surface area contributed by atoms with Crippen LogP contribution >= 0.6 is 22.9 Å². The minimum atomic E-state index is 0.196. The van der Waals surface area contributed by atoms with Crippen LogP contribution in [0.3, 0.4) is 0 Å². The number of amides is 1. The molecule has 1 aliphatic heterocycles. The third kappa shape index (κ3) is 3.78. The van der Waals surface area contributed by atoms with E-state index in [9.17, 15) is 4.79 Å². The van der Waals surface area contributed by atoms with Crippen molar-refractivity contribution >= 4 is 28.8 Å². The largest absolute Gasteiger partial charge is 0.348 e. The second-order valence-corrected chi connectivity index (χ2v) is 4.84. The molecule has 4 nitrogen and oxygen atoms in total. The first-order valence-corrected chi connectivity index (χ1v) is 5.39. The average Bonchev–Trinajstić information content (AvgIpc) is 2.08. The Labute approximate surface area is 93.3 Å². The lowest BCUT2D eigenvalue weighted by atomic mass is 10.3. The number of hydrogen-bond donors (Lipinski definition) is 0. The fourth-order valence-corrected chi connectivity index (χ4v) is 1.65. The number of carbonyl (C=O) groups excluding carboxylic acids is 1. The molecular formula is C8H16IN3O. The van der Waals surface area contributed by atoms with Gasteiger partial charge in [-0.05, 0) is 0 Å². The molecule has 0 N–H and O–H groups in total. The van der Waals surface area contributed by atoms with Crippen molar-refractivity contribution in [2.75, 3.05) is 46.8 Å². The maximum Gasteiger partial charge on any atom is 0.236 e. The summed E-state index contributed by atoms with van der Waals surface area (Å²) < 4.78 is 2.26. The first kappa shape index (κ1) is 11.2. The minimum Gasteiger partial charge on any atom is -0.348 e. The van der Waals surface area contributed by atoms with Gasteiger partial charge in [-0.1, -0.05) is 0 Å². The van der Waals surface area contributed by atoms with Crippen molar-refractivity contribution < 1.29 is 4.79 Å². The summed E-state index contributed by atoms with van der Waals surface area (Å²) in [7, 11) is 3.60. The zero-order chi connectivity index (χ0) is 9.84. The van der Waals surface area contributed by atoms with Crippen molar-refractivity contribution in [2.45, 2.75) is 0 Å². The molecule has 0 bridgehead atoms. The van der Waals surface area contributed by atoms with Crippen LogP contribution in [0.5, 0.6) is 0 Å². The molecule has 1 rings (SSSR count). The van der Waals surface area contributed by atoms with Gasteiger partial charge in [0.25, 0.3) is 0 Å². The van der Waals surface area contributed by atoms with Gasteiger partial charge in [0, 0.05) is 63.1 Å². The van der Waals surface area contributed by atoms with E-state index >= 15 is 0 Å². The second kappa shape index (κ2) is 5.11. The van der Waals surface area contributed by atoms with Gasteiger partial charge < -0.3 is 4.90 Å². The summed E-state index contributed by atoms with van der Waals surface area (Å²) in [5.41, 5.74) is 0. The Bertz CT molecular complexity index is 178. The molecule has 76 valence electrons. The summed E-state index contributed by atoms with van der Waals surface area (Å²) in [5, 5.41) is 0. The van der Waals surface area contributed by atoms with Gasteiger partial charge in [-0.25, -0.2) is 3.11 Å². The van der Waals surface area contributed by atoms with E-state index in [-0.39, 0.29) is 5.91 Å². The Kier molecular flexibility index (Phi) is 4.40. The van der Waals surface area contributed by atoms with Crippen molar-refractivity contribution in [3.8, 4) is 0 Å². The highest BCUT2D eigenvalue weighted by Crippen LogP contribution is 2.05. The molecule has 0 unspecified atom stereocenters. The molecule has 0 spiro atoms. The number of likely N-dealkylation sites (N-methyl/N-ethyl adjacent to an activating group) is 1. The van der Waals surface area contributed by atoms with Crippen LogP contribution in [0.2, 0.25) is 0 Å². The summed E-state index contributed by atoms with van der Waals surface area (Å²) in [5.74, 6) is 0.196. The standard InChI is InChI=1S/C8H16IN3O/c1-10(2)8(13)7-11-3-5-12(9)6-4-11/h3-7H2,1-2H3. The summed E-state index contributed by atoms with van der Waals surface area (Å²) >= 11 is 2.33. The highest BCUT2D eigenvalue weighted by molar-refractivity contribution is 14.1. The molecule has 5 heteroatoms. The van der Waals surface area contributed by atoms with Gasteiger partial charge in [-0.2, -0.15) is 0 Å². The highest BCUT2D eigenvalue weighted by atomic mass is 127. The lowest BCUT2D eigenvalue weighted by molar-refractivity contribution is -0.130. The van der Waals surface area contributed by atoms with E-state index in [4.69, 9.17) is 0 Å². The van der Waals surface area contributed by atoms with E-state index in [2.05, 4.69) is 30.9 Å². The molecule has 13 heavy (non-hydrogen) atoms. The molecule has 0 atom stereocenters. The lowest BCUT2D eigenvalue weighted by Gasteiger charge is -2.31. The Morgan fingerprint density at radius 3 is 2.31 bits per heavy atom. The van der Waals surface area contributed by atoms with Crippen LogP contribution in [0.25, 0.3) is 0 Å². The third-order valence-corrected chi connectivity index (χ3v) is 3.14. The zero-order valence-electron chi connectivity index (χ0n) is 8.16. The summed E-state index contributed by atoms with van der Waals surface area (Å²) in [6, 6.07) is 0. The fourth-order valence-electron chi connectivity index (χ4n) is 1.21. The molecule has 0 radical (unpaired) electrons. The number of halogens is 1. The van der Waals surface area contributed by atoms with Gasteiger partial charge in [0.05, 0.1) is 6.54 Å². The van der Waals surface area contributed by atoms with E-state index in [0.29, 0.717) is 6.54 Å². The lowest BCUT2D eigenvalue weighted by Crippen LogP contribution is -2.46. The predicted molar refractivity (Wildman–Crippen MR) is 60.7 cm³/mol. The molecule has 0 aromatic heterocycles. The van der Waals surface area contributed by atoms with Crippen LogP contribution in [0.15, 0.2) is 0 Å². The van der Waals surface area contributed by atoms with Gasteiger partial charge in [0.1, 0.15) is 0 Å². The summed E-state index contributed by atoms with van der Waals surface area (Å²) in [4.78, 5) is 15.2. The molecule has 1 fully saturated rings. The molecule has 1 amide bonds. The normalized spacial score (nSPS) is 20.2. The van der Waals surface area contributed by atoms with Crippen LogP contribution in [-0.4, -0.2) is 65.6 Å². The fraction of sp³-hybridized carbons (Fsp3) is 0.875. The van der Waals surface area contributed by atoms with Crippen molar-refractivity contribution in [2.24, 2.45) is 0 Å². The quantitative estimate of drug-likeness (QED) is 0.532. The number of carbonyl (C=O) groups is 1. The third-order valence-electron chi connectivity index (χ3n) is 2.18. The first-order chi connectivity index (χ1) is 6.09. The van der Waals surface area contributed by atoms with Gasteiger partial charge in [-0.3, -0.25) is 9.69 Å². The molecule has 1 saturated heterocycles. The molecule has 1 heterocycles. The van der Waals surface area contributed by atoms with E-state index in [1.165, 1.54) is 0 Å². The van der Waals surface area contributed by atoms with Gasteiger partial charge in [-0.15, -0.1) is 0 Å². The Hall–Kier alpha value is 0.120. The van der Waals surface area contributed by atoms with Crippen LogP contribution in [0.1, 0.15) is 0 Å². The van der Waals surface area contributed by atoms with Gasteiger partial charge in [0.15, 0.2) is 0 Å². The second-order valence-electron chi connectivity index (χ2n) is 3.47. The first-order valence-electron chi connectivity index (χ1n) is 4.43. The van der Waals surface area contributed by atoms with Crippen molar-refractivity contribution in [3.63, 3.8) is 0 Å². The highest BCUT2D eigenvalue weighted by Gasteiger charge is 2.17. The average molecular weight is 297 g/mol. The minimum absolute atomic E-state index is 0.196. The Morgan fingerprint density at radius 2 is 1.85 bits per heavy atom. The Balaban J connectivity index is 2.26. The molecule has 0 aliphatic carbocycles. The monoisotopic (exact) mass is 297 g/mol. The van der Waals surface area contributed by atoms with Crippen molar-refractivity contribution in [1.29, 1.82) is 0 Å². The van der Waals surface area contributed by atoms with Crippen LogP contribution in [-0.2, 0) is 4.79 Å². The van der Waals surface area contributed by atoms with E-state index in [0.717, 1.165) is 26.2 Å². The van der Waals surface area contributed by atoms with Crippen LogP contribution < -0.4 is 0 Å². The predicted octanol–water partition coefficient (Wildman–Crippen LogP) is 0.0422. The number of hydrogen-bond acceptors (Lipinski definition) is 3. The number of rotatable bonds is 2. The molecule has 0 aromatic rings. The van der Waals surface area contributed by atoms with E-state index in [1.54, 1.807) is 19.0 Å². The Morgan fingerprint density at radius 1 is 1.31 bits per heavy atom. The molecule has 0 saturated carbocycles. The zero-order valence-corrected chi connectivity index (χ0v) is 10.3. The van der Waals surface area contributed by atoms with Crippen LogP contribution in [0, 0.1) is 0 Å². The van der Waals surface area contributed by atoms with Crippen molar-refractivity contribution in [3.05, 3.63) is 0 Å². The number of nitrogens with zero attached hydrogens (tertiary/aromatic N) is 3. The number of piperazine rings is 1. The smallest absolute Gasteiger partial charge is 0.236 e. The van der Waals surface area contributed by atoms with Crippen molar-refractivity contribution in [1.82, 2.24) is 12.9 Å². The molecule has 0 aromatic carbocycles. The molecule has 1 aliphatic rings. The summed E-state index contributed by atoms with van der Waals surface area (Å²) in [6.45, 7) is 4.69. The van der Waals surface area contributed by atoms with E-state index in [1.807, 2.05) is 0 Å². The maximum absolute atomic E-state index is 11.4. The maximum atomic E-state index is 11.4. The SMILES string of the molecule is CN(C)C(=O)CN1CCN(I)CC1. The van der Waals surface area contributed by atoms with Gasteiger partial charge in [0.2, 0.25) is 5.91 Å². The van der Waals surface area contributed by atoms with Gasteiger partial charge >= 0.3 is 0 Å².